The van der Waals surface area contributed by atoms with Crippen molar-refractivity contribution in [2.45, 2.75) is 26.4 Å². The summed E-state index contributed by atoms with van der Waals surface area (Å²) in [5.74, 6) is 0.449. The second-order valence-electron chi connectivity index (χ2n) is 4.60. The first-order valence-electron chi connectivity index (χ1n) is 6.43. The average Bonchev–Trinajstić information content (AvgIpc) is 2.95. The van der Waals surface area contributed by atoms with Crippen LogP contribution in [0, 0.1) is 6.92 Å². The summed E-state index contributed by atoms with van der Waals surface area (Å²) in [6.07, 6.45) is 1.84. The zero-order valence-electron chi connectivity index (χ0n) is 11.8. The highest BCUT2D eigenvalue weighted by atomic mass is 16.5. The Morgan fingerprint density at radius 3 is 2.85 bits per heavy atom. The quantitative estimate of drug-likeness (QED) is 0.849. The lowest BCUT2D eigenvalue weighted by Crippen LogP contribution is -2.17. The molecule has 1 atom stereocenters. The number of carbonyl (C=O) groups excluding carboxylic acids is 1. The van der Waals surface area contributed by atoms with Gasteiger partial charge in [0, 0.05) is 18.4 Å². The molecule has 106 valence electrons. The SMILES string of the molecule is COC(=O)c1ccc(C(C)NCc2ccc(C)nc2)o1. The molecule has 1 unspecified atom stereocenters. The summed E-state index contributed by atoms with van der Waals surface area (Å²) in [5.41, 5.74) is 2.10. The first-order chi connectivity index (χ1) is 9.60. The predicted molar refractivity (Wildman–Crippen MR) is 74.3 cm³/mol. The molecule has 0 aliphatic carbocycles. The molecule has 2 rings (SSSR count). The van der Waals surface area contributed by atoms with E-state index in [1.54, 1.807) is 12.1 Å². The summed E-state index contributed by atoms with van der Waals surface area (Å²) in [4.78, 5) is 15.6. The Morgan fingerprint density at radius 1 is 1.40 bits per heavy atom. The summed E-state index contributed by atoms with van der Waals surface area (Å²) in [6.45, 7) is 4.61. The Labute approximate surface area is 118 Å². The van der Waals surface area contributed by atoms with Crippen LogP contribution in [0.5, 0.6) is 0 Å². The number of methoxy groups -OCH3 is 1. The van der Waals surface area contributed by atoms with E-state index in [2.05, 4.69) is 15.0 Å². The predicted octanol–water partition coefficient (Wildman–Crippen LogP) is 2.62. The van der Waals surface area contributed by atoms with E-state index in [-0.39, 0.29) is 11.8 Å². The van der Waals surface area contributed by atoms with E-state index >= 15 is 0 Å². The van der Waals surface area contributed by atoms with E-state index < -0.39 is 5.97 Å². The van der Waals surface area contributed by atoms with Gasteiger partial charge in [0.1, 0.15) is 5.76 Å². The van der Waals surface area contributed by atoms with Crippen LogP contribution in [0.15, 0.2) is 34.9 Å². The molecule has 1 N–H and O–H groups in total. The molecule has 0 aliphatic heterocycles. The van der Waals surface area contributed by atoms with E-state index in [9.17, 15) is 4.79 Å². The van der Waals surface area contributed by atoms with Crippen molar-refractivity contribution >= 4 is 5.97 Å². The van der Waals surface area contributed by atoms with E-state index in [1.165, 1.54) is 7.11 Å². The Kier molecular flexibility index (Phi) is 4.53. The van der Waals surface area contributed by atoms with Crippen LogP contribution in [0.1, 0.15) is 40.5 Å². The number of carbonyl (C=O) groups is 1. The molecule has 0 saturated heterocycles. The van der Waals surface area contributed by atoms with Gasteiger partial charge in [0.2, 0.25) is 5.76 Å². The van der Waals surface area contributed by atoms with Crippen LogP contribution in [0.3, 0.4) is 0 Å². The van der Waals surface area contributed by atoms with Crippen LogP contribution in [0.4, 0.5) is 0 Å². The van der Waals surface area contributed by atoms with Crippen molar-refractivity contribution in [1.82, 2.24) is 10.3 Å². The molecule has 0 saturated carbocycles. The number of aryl methyl sites for hydroxylation is 1. The lowest BCUT2D eigenvalue weighted by molar-refractivity contribution is 0.0562. The van der Waals surface area contributed by atoms with Crippen LogP contribution in [-0.2, 0) is 11.3 Å². The smallest absolute Gasteiger partial charge is 0.373 e. The van der Waals surface area contributed by atoms with Crippen molar-refractivity contribution in [2.24, 2.45) is 0 Å². The maximum atomic E-state index is 11.3. The van der Waals surface area contributed by atoms with Gasteiger partial charge >= 0.3 is 5.97 Å². The molecule has 0 bridgehead atoms. The summed E-state index contributed by atoms with van der Waals surface area (Å²) < 4.78 is 10.1. The normalized spacial score (nSPS) is 12.2. The number of rotatable bonds is 5. The zero-order valence-corrected chi connectivity index (χ0v) is 11.8. The molecule has 0 radical (unpaired) electrons. The highest BCUT2D eigenvalue weighted by Crippen LogP contribution is 2.17. The molecule has 2 aromatic heterocycles. The third-order valence-corrected chi connectivity index (χ3v) is 3.03. The molecule has 0 fully saturated rings. The zero-order chi connectivity index (χ0) is 14.5. The van der Waals surface area contributed by atoms with Crippen molar-refractivity contribution in [3.63, 3.8) is 0 Å². The molecule has 5 heteroatoms. The van der Waals surface area contributed by atoms with Crippen molar-refractivity contribution in [2.75, 3.05) is 7.11 Å². The minimum Gasteiger partial charge on any atom is -0.463 e. The molecule has 2 heterocycles. The minimum atomic E-state index is -0.466. The van der Waals surface area contributed by atoms with Gasteiger partial charge in [0.25, 0.3) is 0 Å². The summed E-state index contributed by atoms with van der Waals surface area (Å²) in [7, 11) is 1.33. The van der Waals surface area contributed by atoms with Crippen molar-refractivity contribution < 1.29 is 13.9 Å². The second-order valence-corrected chi connectivity index (χ2v) is 4.60. The van der Waals surface area contributed by atoms with E-state index in [1.807, 2.05) is 32.2 Å². The molecule has 0 amide bonds. The van der Waals surface area contributed by atoms with Crippen LogP contribution in [-0.4, -0.2) is 18.1 Å². The number of nitrogens with one attached hydrogen (secondary N) is 1. The van der Waals surface area contributed by atoms with Crippen LogP contribution in [0.2, 0.25) is 0 Å². The molecule has 5 nitrogen and oxygen atoms in total. The fourth-order valence-electron chi connectivity index (χ4n) is 1.77. The maximum Gasteiger partial charge on any atom is 0.373 e. The Balaban J connectivity index is 1.94. The number of aromatic nitrogens is 1. The van der Waals surface area contributed by atoms with Crippen LogP contribution >= 0.6 is 0 Å². The van der Waals surface area contributed by atoms with E-state index in [0.717, 1.165) is 11.3 Å². The lowest BCUT2D eigenvalue weighted by Gasteiger charge is -2.11. The number of hydrogen-bond acceptors (Lipinski definition) is 5. The highest BCUT2D eigenvalue weighted by Gasteiger charge is 2.14. The van der Waals surface area contributed by atoms with Gasteiger partial charge in [-0.1, -0.05) is 6.07 Å². The first-order valence-corrected chi connectivity index (χ1v) is 6.43. The van der Waals surface area contributed by atoms with Crippen LogP contribution < -0.4 is 5.32 Å². The fourth-order valence-corrected chi connectivity index (χ4v) is 1.77. The van der Waals surface area contributed by atoms with Gasteiger partial charge in [-0.2, -0.15) is 0 Å². The summed E-state index contributed by atoms with van der Waals surface area (Å²) in [6, 6.07) is 7.40. The topological polar surface area (TPSA) is 64.4 Å². The largest absolute Gasteiger partial charge is 0.463 e. The number of nitrogens with zero attached hydrogens (tertiary/aromatic N) is 1. The standard InChI is InChI=1S/C15H18N2O3/c1-10-4-5-12(8-16-10)9-17-11(2)13-6-7-14(20-13)15(18)19-3/h4-8,11,17H,9H2,1-3H3. The van der Waals surface area contributed by atoms with Gasteiger partial charge in [0.15, 0.2) is 0 Å². The van der Waals surface area contributed by atoms with Gasteiger partial charge < -0.3 is 14.5 Å². The summed E-state index contributed by atoms with van der Waals surface area (Å²) in [5, 5.41) is 3.32. The third-order valence-electron chi connectivity index (χ3n) is 3.03. The van der Waals surface area contributed by atoms with Crippen molar-refractivity contribution in [3.8, 4) is 0 Å². The molecule has 0 aromatic carbocycles. The van der Waals surface area contributed by atoms with Gasteiger partial charge in [-0.3, -0.25) is 4.98 Å². The molecular weight excluding hydrogens is 256 g/mol. The minimum absolute atomic E-state index is 0.00490. The number of pyridine rings is 1. The van der Waals surface area contributed by atoms with Crippen molar-refractivity contribution in [3.05, 3.63) is 53.2 Å². The van der Waals surface area contributed by atoms with Gasteiger partial charge in [-0.05, 0) is 37.6 Å². The van der Waals surface area contributed by atoms with Gasteiger partial charge in [0.05, 0.1) is 13.2 Å². The molecule has 2 aromatic rings. The van der Waals surface area contributed by atoms with E-state index in [4.69, 9.17) is 4.42 Å². The number of hydrogen-bond donors (Lipinski definition) is 1. The number of esters is 1. The average molecular weight is 274 g/mol. The first kappa shape index (κ1) is 14.3. The fraction of sp³-hybridized carbons (Fsp3) is 0.333. The Morgan fingerprint density at radius 2 is 2.20 bits per heavy atom. The van der Waals surface area contributed by atoms with Gasteiger partial charge in [-0.25, -0.2) is 4.79 Å². The number of ether oxygens (including phenoxy) is 1. The Bertz CT molecular complexity index is 575. The highest BCUT2D eigenvalue weighted by molar-refractivity contribution is 5.86. The maximum absolute atomic E-state index is 11.3. The molecule has 0 spiro atoms. The molecule has 0 aliphatic rings. The monoisotopic (exact) mass is 274 g/mol. The molecular formula is C15H18N2O3. The lowest BCUT2D eigenvalue weighted by atomic mass is 10.2. The second kappa shape index (κ2) is 6.34. The third kappa shape index (κ3) is 3.45. The van der Waals surface area contributed by atoms with Gasteiger partial charge in [-0.15, -0.1) is 0 Å². The molecule has 20 heavy (non-hydrogen) atoms. The van der Waals surface area contributed by atoms with E-state index in [0.29, 0.717) is 12.3 Å². The number of furan rings is 1. The van der Waals surface area contributed by atoms with Crippen molar-refractivity contribution in [1.29, 1.82) is 0 Å². The van der Waals surface area contributed by atoms with Crippen LogP contribution in [0.25, 0.3) is 0 Å². The summed E-state index contributed by atoms with van der Waals surface area (Å²) >= 11 is 0. The Hall–Kier alpha value is -2.14.